The highest BCUT2D eigenvalue weighted by Crippen LogP contribution is 2.32. The zero-order valence-electron chi connectivity index (χ0n) is 21.8. The predicted octanol–water partition coefficient (Wildman–Crippen LogP) is 6.19. The van der Waals surface area contributed by atoms with Crippen molar-refractivity contribution in [1.29, 1.82) is 0 Å². The molecule has 0 aliphatic carbocycles. The van der Waals surface area contributed by atoms with Gasteiger partial charge in [0.15, 0.2) is 17.3 Å². The Morgan fingerprint density at radius 3 is 2.63 bits per heavy atom. The van der Waals surface area contributed by atoms with Gasteiger partial charge < -0.3 is 13.9 Å². The molecule has 0 bridgehead atoms. The van der Waals surface area contributed by atoms with Crippen LogP contribution in [0.15, 0.2) is 111 Å². The Balaban J connectivity index is 1.43. The molecule has 6 aromatic rings. The van der Waals surface area contributed by atoms with Crippen LogP contribution in [0, 0.1) is 10.1 Å². The highest BCUT2D eigenvalue weighted by Gasteiger charge is 2.17. The van der Waals surface area contributed by atoms with Crippen molar-refractivity contribution in [3.05, 3.63) is 129 Å². The second kappa shape index (κ2) is 10.8. The third-order valence-corrected chi connectivity index (χ3v) is 6.45. The van der Waals surface area contributed by atoms with E-state index in [1.165, 1.54) is 30.1 Å². The molecule has 202 valence electrons. The minimum atomic E-state index is -0.459. The van der Waals surface area contributed by atoms with Gasteiger partial charge in [-0.1, -0.05) is 48.5 Å². The van der Waals surface area contributed by atoms with E-state index in [4.69, 9.17) is 18.9 Å². The van der Waals surface area contributed by atoms with Gasteiger partial charge in [0.05, 0.1) is 29.2 Å². The van der Waals surface area contributed by atoms with Crippen LogP contribution in [-0.2, 0) is 6.61 Å². The first kappa shape index (κ1) is 25.5. The van der Waals surface area contributed by atoms with Crippen molar-refractivity contribution in [1.82, 2.24) is 9.66 Å². The number of hydrogen-bond donors (Lipinski definition) is 0. The number of fused-ring (bicyclic) bond motifs is 2. The molecule has 0 amide bonds. The molecule has 10 heteroatoms. The van der Waals surface area contributed by atoms with E-state index in [2.05, 4.69) is 5.10 Å². The fourth-order valence-electron chi connectivity index (χ4n) is 4.47. The first-order chi connectivity index (χ1) is 20.0. The summed E-state index contributed by atoms with van der Waals surface area (Å²) in [6, 6.07) is 27.8. The number of aromatic nitrogens is 2. The molecule has 0 aliphatic rings. The largest absolute Gasteiger partial charge is 0.493 e. The van der Waals surface area contributed by atoms with Crippen molar-refractivity contribution in [2.24, 2.45) is 5.10 Å². The molecule has 4 aromatic carbocycles. The molecule has 0 saturated heterocycles. The van der Waals surface area contributed by atoms with Gasteiger partial charge in [-0.05, 0) is 42.0 Å². The van der Waals surface area contributed by atoms with E-state index in [-0.39, 0.29) is 23.7 Å². The van der Waals surface area contributed by atoms with Crippen molar-refractivity contribution in [3.8, 4) is 23.1 Å². The number of nitro groups is 1. The molecule has 0 unspecified atom stereocenters. The molecule has 0 saturated carbocycles. The van der Waals surface area contributed by atoms with Crippen molar-refractivity contribution in [2.45, 2.75) is 6.61 Å². The van der Waals surface area contributed by atoms with E-state index in [0.29, 0.717) is 44.9 Å². The minimum Gasteiger partial charge on any atom is -0.493 e. The third-order valence-electron chi connectivity index (χ3n) is 6.45. The lowest BCUT2D eigenvalue weighted by molar-refractivity contribution is -0.384. The summed E-state index contributed by atoms with van der Waals surface area (Å²) < 4.78 is 18.8. The Kier molecular flexibility index (Phi) is 6.70. The van der Waals surface area contributed by atoms with Crippen molar-refractivity contribution in [3.63, 3.8) is 0 Å². The summed E-state index contributed by atoms with van der Waals surface area (Å²) in [6.07, 6.45) is 1.48. The number of methoxy groups -OCH3 is 1. The molecule has 0 N–H and O–H groups in total. The van der Waals surface area contributed by atoms with Gasteiger partial charge in [-0.15, -0.1) is 0 Å². The standard InChI is InChI=1S/C31H22N4O6/c1-39-27-15-7-10-22(29(27)40-19-20-8-6-11-23(16-20)35(37)38)18-32-34-30(28-17-21-9-2-5-14-26(21)41-28)33-25-13-4-3-12-24(25)31(34)36/h2-18H,19H2,1H3. The van der Waals surface area contributed by atoms with Crippen LogP contribution in [0.4, 0.5) is 5.69 Å². The van der Waals surface area contributed by atoms with Crippen LogP contribution in [0.2, 0.25) is 0 Å². The van der Waals surface area contributed by atoms with Gasteiger partial charge in [-0.3, -0.25) is 14.9 Å². The zero-order valence-corrected chi connectivity index (χ0v) is 21.8. The number of benzene rings is 4. The van der Waals surface area contributed by atoms with E-state index < -0.39 is 4.92 Å². The Labute approximate surface area is 232 Å². The smallest absolute Gasteiger partial charge is 0.282 e. The Morgan fingerprint density at radius 2 is 1.80 bits per heavy atom. The quantitative estimate of drug-likeness (QED) is 0.127. The number of ether oxygens (including phenoxy) is 2. The Hall–Kier alpha value is -5.77. The van der Waals surface area contributed by atoms with Gasteiger partial charge in [-0.2, -0.15) is 9.78 Å². The molecular formula is C31H22N4O6. The molecule has 41 heavy (non-hydrogen) atoms. The maximum atomic E-state index is 13.6. The lowest BCUT2D eigenvalue weighted by atomic mass is 10.2. The van der Waals surface area contributed by atoms with Crippen LogP contribution in [-0.4, -0.2) is 27.9 Å². The molecule has 2 heterocycles. The number of hydrogen-bond acceptors (Lipinski definition) is 8. The number of para-hydroxylation sites is 3. The van der Waals surface area contributed by atoms with Gasteiger partial charge >= 0.3 is 0 Å². The summed E-state index contributed by atoms with van der Waals surface area (Å²) in [5.74, 6) is 1.42. The lowest BCUT2D eigenvalue weighted by Gasteiger charge is -2.13. The number of furan rings is 1. The summed E-state index contributed by atoms with van der Waals surface area (Å²) in [5.41, 5.74) is 1.89. The molecule has 6 rings (SSSR count). The van der Waals surface area contributed by atoms with Crippen LogP contribution in [0.3, 0.4) is 0 Å². The average Bonchev–Trinajstić information content (AvgIpc) is 3.44. The molecule has 0 fully saturated rings. The van der Waals surface area contributed by atoms with Crippen LogP contribution < -0.4 is 15.0 Å². The summed E-state index contributed by atoms with van der Waals surface area (Å²) in [5, 5.41) is 17.0. The van der Waals surface area contributed by atoms with E-state index in [0.717, 1.165) is 5.39 Å². The number of nitrogens with zero attached hydrogens (tertiary/aromatic N) is 4. The average molecular weight is 547 g/mol. The number of nitro benzene ring substituents is 1. The third kappa shape index (κ3) is 5.01. The first-order valence-corrected chi connectivity index (χ1v) is 12.6. The normalized spacial score (nSPS) is 11.3. The van der Waals surface area contributed by atoms with E-state index in [1.807, 2.05) is 36.4 Å². The Morgan fingerprint density at radius 1 is 1.00 bits per heavy atom. The second-order valence-corrected chi connectivity index (χ2v) is 9.06. The summed E-state index contributed by atoms with van der Waals surface area (Å²) in [4.78, 5) is 29.1. The van der Waals surface area contributed by atoms with Gasteiger partial charge in [0.25, 0.3) is 11.2 Å². The van der Waals surface area contributed by atoms with Gasteiger partial charge in [0.1, 0.15) is 12.2 Å². The van der Waals surface area contributed by atoms with Crippen LogP contribution in [0.5, 0.6) is 11.5 Å². The van der Waals surface area contributed by atoms with Crippen molar-refractivity contribution < 1.29 is 18.8 Å². The van der Waals surface area contributed by atoms with Gasteiger partial charge in [0, 0.05) is 23.1 Å². The minimum absolute atomic E-state index is 0.0331. The second-order valence-electron chi connectivity index (χ2n) is 9.06. The van der Waals surface area contributed by atoms with Gasteiger partial charge in [-0.25, -0.2) is 4.98 Å². The topological polar surface area (TPSA) is 122 Å². The van der Waals surface area contributed by atoms with Crippen LogP contribution in [0.1, 0.15) is 11.1 Å². The maximum absolute atomic E-state index is 13.6. The Bertz CT molecular complexity index is 1980. The zero-order chi connectivity index (χ0) is 28.3. The van der Waals surface area contributed by atoms with E-state index in [9.17, 15) is 14.9 Å². The molecule has 10 nitrogen and oxygen atoms in total. The highest BCUT2D eigenvalue weighted by molar-refractivity contribution is 5.86. The van der Waals surface area contributed by atoms with Crippen molar-refractivity contribution >= 4 is 33.8 Å². The molecule has 0 atom stereocenters. The summed E-state index contributed by atoms with van der Waals surface area (Å²) >= 11 is 0. The highest BCUT2D eigenvalue weighted by atomic mass is 16.6. The van der Waals surface area contributed by atoms with E-state index >= 15 is 0 Å². The predicted molar refractivity (Wildman–Crippen MR) is 155 cm³/mol. The summed E-state index contributed by atoms with van der Waals surface area (Å²) in [6.45, 7) is 0.0462. The summed E-state index contributed by atoms with van der Waals surface area (Å²) in [7, 11) is 1.51. The van der Waals surface area contributed by atoms with Gasteiger partial charge in [0.2, 0.25) is 5.82 Å². The first-order valence-electron chi connectivity index (χ1n) is 12.6. The van der Waals surface area contributed by atoms with E-state index in [1.54, 1.807) is 48.5 Å². The maximum Gasteiger partial charge on any atom is 0.282 e. The van der Waals surface area contributed by atoms with Crippen molar-refractivity contribution in [2.75, 3.05) is 7.11 Å². The molecule has 2 aromatic heterocycles. The van der Waals surface area contributed by atoms with Crippen LogP contribution >= 0.6 is 0 Å². The fraction of sp³-hybridized carbons (Fsp3) is 0.0645. The molecular weight excluding hydrogens is 524 g/mol. The fourth-order valence-corrected chi connectivity index (χ4v) is 4.47. The monoisotopic (exact) mass is 546 g/mol. The molecule has 0 spiro atoms. The molecule has 0 radical (unpaired) electrons. The number of rotatable bonds is 8. The number of non-ortho nitro benzene ring substituents is 1. The lowest BCUT2D eigenvalue weighted by Crippen LogP contribution is -2.20. The van der Waals surface area contributed by atoms with Crippen LogP contribution in [0.25, 0.3) is 33.5 Å². The SMILES string of the molecule is COc1cccc(C=Nn2c(-c3cc4ccccc4o3)nc3ccccc3c2=O)c1OCc1cccc([N+](=O)[O-])c1. The molecule has 0 aliphatic heterocycles.